The summed E-state index contributed by atoms with van der Waals surface area (Å²) in [6.45, 7) is 2.99. The predicted octanol–water partition coefficient (Wildman–Crippen LogP) is 3.37. The molecule has 1 aliphatic heterocycles. The normalized spacial score (nSPS) is 16.9. The van der Waals surface area contributed by atoms with E-state index in [1.54, 1.807) is 0 Å². The van der Waals surface area contributed by atoms with E-state index in [-0.39, 0.29) is 0 Å². The van der Waals surface area contributed by atoms with Gasteiger partial charge in [0.2, 0.25) is 0 Å². The molecule has 1 heterocycles. The van der Waals surface area contributed by atoms with Crippen molar-refractivity contribution in [1.82, 2.24) is 5.32 Å². The van der Waals surface area contributed by atoms with Crippen molar-refractivity contribution in [3.8, 4) is 0 Å². The van der Waals surface area contributed by atoms with Crippen molar-refractivity contribution in [3.05, 3.63) is 41.7 Å². The van der Waals surface area contributed by atoms with Crippen LogP contribution in [0, 0.1) is 6.92 Å². The molecule has 0 saturated heterocycles. The van der Waals surface area contributed by atoms with Crippen LogP contribution < -0.4 is 5.32 Å². The number of rotatable bonds is 5. The van der Waals surface area contributed by atoms with Gasteiger partial charge in [-0.25, -0.2) is 0 Å². The quantitative estimate of drug-likeness (QED) is 0.823. The monoisotopic (exact) mass is 263 g/mol. The smallest absolute Gasteiger partial charge is 0.0876 e. The highest BCUT2D eigenvalue weighted by molar-refractivity contribution is 7.99. The van der Waals surface area contributed by atoms with Gasteiger partial charge >= 0.3 is 0 Å². The van der Waals surface area contributed by atoms with Gasteiger partial charge in [0.15, 0.2) is 0 Å². The minimum Gasteiger partial charge on any atom is -0.501 e. The van der Waals surface area contributed by atoms with E-state index in [4.69, 9.17) is 4.74 Å². The molecular weight excluding hydrogens is 242 g/mol. The third-order valence-electron chi connectivity index (χ3n) is 3.20. The summed E-state index contributed by atoms with van der Waals surface area (Å²) in [5.41, 5.74) is 2.70. The minimum absolute atomic E-state index is 0.414. The number of hydrogen-bond acceptors (Lipinski definition) is 3. The van der Waals surface area contributed by atoms with Crippen LogP contribution in [0.1, 0.15) is 18.4 Å². The predicted molar refractivity (Wildman–Crippen MR) is 78.0 cm³/mol. The standard InChI is InChI=1S/C15H21NOS/c1-12-5-7-14(8-6-12)18-11-15(16-2)13-4-3-9-17-10-13/h5-8,10,15-16H,3-4,9,11H2,1-2H3. The SMILES string of the molecule is CNC(CSc1ccc(C)cc1)C1=COCCC1. The van der Waals surface area contributed by atoms with E-state index >= 15 is 0 Å². The molecule has 0 amide bonds. The average molecular weight is 263 g/mol. The van der Waals surface area contributed by atoms with Crippen LogP contribution in [-0.4, -0.2) is 25.4 Å². The van der Waals surface area contributed by atoms with Crippen LogP contribution >= 0.6 is 11.8 Å². The van der Waals surface area contributed by atoms with Crippen LogP contribution in [-0.2, 0) is 4.74 Å². The maximum absolute atomic E-state index is 5.42. The van der Waals surface area contributed by atoms with Gasteiger partial charge in [-0.05, 0) is 44.5 Å². The van der Waals surface area contributed by atoms with Gasteiger partial charge in [-0.15, -0.1) is 11.8 Å². The van der Waals surface area contributed by atoms with Crippen LogP contribution in [0.25, 0.3) is 0 Å². The maximum atomic E-state index is 5.42. The van der Waals surface area contributed by atoms with Crippen molar-refractivity contribution in [3.63, 3.8) is 0 Å². The average Bonchev–Trinajstić information content (AvgIpc) is 2.43. The molecule has 0 saturated carbocycles. The zero-order chi connectivity index (χ0) is 12.8. The summed E-state index contributed by atoms with van der Waals surface area (Å²) in [7, 11) is 2.02. The van der Waals surface area contributed by atoms with Crippen molar-refractivity contribution >= 4 is 11.8 Å². The molecule has 2 rings (SSSR count). The zero-order valence-electron chi connectivity index (χ0n) is 11.1. The Bertz CT molecular complexity index is 399. The molecule has 1 aromatic rings. The van der Waals surface area contributed by atoms with Crippen molar-refractivity contribution in [2.75, 3.05) is 19.4 Å². The van der Waals surface area contributed by atoms with Crippen molar-refractivity contribution < 1.29 is 4.74 Å². The van der Waals surface area contributed by atoms with Gasteiger partial charge in [0.25, 0.3) is 0 Å². The van der Waals surface area contributed by atoms with Crippen molar-refractivity contribution in [1.29, 1.82) is 0 Å². The summed E-state index contributed by atoms with van der Waals surface area (Å²) >= 11 is 1.90. The first kappa shape index (κ1) is 13.5. The summed E-state index contributed by atoms with van der Waals surface area (Å²) in [5.74, 6) is 1.05. The molecule has 0 spiro atoms. The van der Waals surface area contributed by atoms with Gasteiger partial charge in [-0.2, -0.15) is 0 Å². The fraction of sp³-hybridized carbons (Fsp3) is 0.467. The molecule has 2 nitrogen and oxygen atoms in total. The van der Waals surface area contributed by atoms with E-state index < -0.39 is 0 Å². The fourth-order valence-electron chi connectivity index (χ4n) is 2.03. The third kappa shape index (κ3) is 3.79. The van der Waals surface area contributed by atoms with Crippen LogP contribution in [0.3, 0.4) is 0 Å². The van der Waals surface area contributed by atoms with E-state index in [2.05, 4.69) is 36.5 Å². The number of thioether (sulfide) groups is 1. The molecule has 1 N–H and O–H groups in total. The fourth-order valence-corrected chi connectivity index (χ4v) is 3.10. The molecule has 18 heavy (non-hydrogen) atoms. The highest BCUT2D eigenvalue weighted by Gasteiger charge is 2.15. The molecule has 1 unspecified atom stereocenters. The largest absolute Gasteiger partial charge is 0.501 e. The zero-order valence-corrected chi connectivity index (χ0v) is 11.9. The second kappa shape index (κ2) is 6.86. The second-order valence-electron chi connectivity index (χ2n) is 4.63. The molecule has 0 fully saturated rings. The van der Waals surface area contributed by atoms with E-state index in [0.717, 1.165) is 25.2 Å². The molecular formula is C15H21NOS. The lowest BCUT2D eigenvalue weighted by Gasteiger charge is -2.22. The molecule has 0 radical (unpaired) electrons. The molecule has 1 atom stereocenters. The van der Waals surface area contributed by atoms with Gasteiger partial charge in [-0.3, -0.25) is 0 Å². The maximum Gasteiger partial charge on any atom is 0.0876 e. The van der Waals surface area contributed by atoms with Crippen LogP contribution in [0.15, 0.2) is 41.0 Å². The molecule has 0 aliphatic carbocycles. The Kier molecular flexibility index (Phi) is 5.14. The molecule has 0 bridgehead atoms. The molecule has 98 valence electrons. The Morgan fingerprint density at radius 3 is 2.72 bits per heavy atom. The van der Waals surface area contributed by atoms with Crippen LogP contribution in [0.2, 0.25) is 0 Å². The third-order valence-corrected chi connectivity index (χ3v) is 4.30. The van der Waals surface area contributed by atoms with Crippen molar-refractivity contribution in [2.24, 2.45) is 0 Å². The van der Waals surface area contributed by atoms with Gasteiger partial charge in [-0.1, -0.05) is 17.7 Å². The number of benzene rings is 1. The number of nitrogens with one attached hydrogen (secondary N) is 1. The van der Waals surface area contributed by atoms with Gasteiger partial charge in [0, 0.05) is 16.7 Å². The molecule has 3 heteroatoms. The second-order valence-corrected chi connectivity index (χ2v) is 5.73. The van der Waals surface area contributed by atoms with Crippen LogP contribution in [0.5, 0.6) is 0 Å². The lowest BCUT2D eigenvalue weighted by Crippen LogP contribution is -2.31. The summed E-state index contributed by atoms with van der Waals surface area (Å²) < 4.78 is 5.42. The van der Waals surface area contributed by atoms with Gasteiger partial charge < -0.3 is 10.1 Å². The molecule has 1 aliphatic rings. The summed E-state index contributed by atoms with van der Waals surface area (Å²) in [4.78, 5) is 1.33. The van der Waals surface area contributed by atoms with E-state index in [9.17, 15) is 0 Å². The highest BCUT2D eigenvalue weighted by atomic mass is 32.2. The first-order valence-corrected chi connectivity index (χ1v) is 7.45. The highest BCUT2D eigenvalue weighted by Crippen LogP contribution is 2.23. The van der Waals surface area contributed by atoms with Crippen molar-refractivity contribution in [2.45, 2.75) is 30.7 Å². The summed E-state index contributed by atoms with van der Waals surface area (Å²) in [5, 5.41) is 3.38. The van der Waals surface area contributed by atoms with E-state index in [1.807, 2.05) is 25.1 Å². The van der Waals surface area contributed by atoms with Gasteiger partial charge in [0.1, 0.15) is 0 Å². The summed E-state index contributed by atoms with van der Waals surface area (Å²) in [6, 6.07) is 9.13. The Morgan fingerprint density at radius 2 is 2.11 bits per heavy atom. The topological polar surface area (TPSA) is 21.3 Å². The Labute approximate surface area is 114 Å². The van der Waals surface area contributed by atoms with E-state index in [1.165, 1.54) is 16.0 Å². The lowest BCUT2D eigenvalue weighted by atomic mass is 10.0. The molecule has 1 aromatic carbocycles. The Morgan fingerprint density at radius 1 is 1.33 bits per heavy atom. The first-order valence-electron chi connectivity index (χ1n) is 6.47. The Hall–Kier alpha value is -0.930. The van der Waals surface area contributed by atoms with Gasteiger partial charge in [0.05, 0.1) is 12.9 Å². The number of hydrogen-bond donors (Lipinski definition) is 1. The number of ether oxygens (including phenoxy) is 1. The first-order chi connectivity index (χ1) is 8.79. The minimum atomic E-state index is 0.414. The number of likely N-dealkylation sites (N-methyl/N-ethyl adjacent to an activating group) is 1. The molecule has 0 aromatic heterocycles. The van der Waals surface area contributed by atoms with Crippen LogP contribution in [0.4, 0.5) is 0 Å². The Balaban J connectivity index is 1.90. The van der Waals surface area contributed by atoms with E-state index in [0.29, 0.717) is 6.04 Å². The summed E-state index contributed by atoms with van der Waals surface area (Å²) in [6.07, 6.45) is 4.24. The number of aryl methyl sites for hydroxylation is 1. The lowest BCUT2D eigenvalue weighted by molar-refractivity contribution is 0.221.